The van der Waals surface area contributed by atoms with Gasteiger partial charge in [0.15, 0.2) is 0 Å². The Kier molecular flexibility index (Phi) is 4.66. The van der Waals surface area contributed by atoms with E-state index in [4.69, 9.17) is 10.5 Å². The van der Waals surface area contributed by atoms with E-state index in [-0.39, 0.29) is 5.91 Å². The molecule has 0 radical (unpaired) electrons. The van der Waals surface area contributed by atoms with Crippen molar-refractivity contribution in [3.63, 3.8) is 0 Å². The van der Waals surface area contributed by atoms with Crippen LogP contribution in [-0.4, -0.2) is 30.6 Å². The van der Waals surface area contributed by atoms with Gasteiger partial charge in [-0.05, 0) is 30.4 Å². The summed E-state index contributed by atoms with van der Waals surface area (Å²) in [5.74, 6) is 0.583. The highest BCUT2D eigenvalue weighted by molar-refractivity contribution is 5.92. The van der Waals surface area contributed by atoms with Gasteiger partial charge in [0.25, 0.3) is 5.91 Å². The Hall–Kier alpha value is -1.46. The van der Waals surface area contributed by atoms with Gasteiger partial charge in [-0.15, -0.1) is 0 Å². The first-order valence-corrected chi connectivity index (χ1v) is 6.30. The molecular formula is C13H19N3O2. The fourth-order valence-electron chi connectivity index (χ4n) is 1.54. The monoisotopic (exact) mass is 249 g/mol. The number of carbonyl (C=O) groups is 1. The Morgan fingerprint density at radius 1 is 1.50 bits per heavy atom. The number of nitrogens with two attached hydrogens (primary N) is 1. The highest BCUT2D eigenvalue weighted by atomic mass is 16.5. The van der Waals surface area contributed by atoms with Gasteiger partial charge in [-0.3, -0.25) is 9.78 Å². The van der Waals surface area contributed by atoms with Crippen LogP contribution in [0, 0.1) is 5.92 Å². The summed E-state index contributed by atoms with van der Waals surface area (Å²) in [6.07, 6.45) is 4.19. The van der Waals surface area contributed by atoms with Crippen molar-refractivity contribution >= 4 is 5.91 Å². The normalized spacial score (nSPS) is 14.5. The molecular weight excluding hydrogens is 230 g/mol. The molecule has 1 aromatic rings. The maximum Gasteiger partial charge on any atom is 0.269 e. The molecule has 5 heteroatoms. The van der Waals surface area contributed by atoms with Crippen molar-refractivity contribution in [3.8, 4) is 0 Å². The van der Waals surface area contributed by atoms with E-state index in [2.05, 4.69) is 10.3 Å². The van der Waals surface area contributed by atoms with Crippen molar-refractivity contribution in [2.45, 2.75) is 19.4 Å². The van der Waals surface area contributed by atoms with Crippen LogP contribution in [0.4, 0.5) is 0 Å². The van der Waals surface area contributed by atoms with Crippen LogP contribution >= 0.6 is 0 Å². The van der Waals surface area contributed by atoms with Gasteiger partial charge in [0.05, 0.1) is 6.61 Å². The lowest BCUT2D eigenvalue weighted by atomic mass is 10.2. The highest BCUT2D eigenvalue weighted by Crippen LogP contribution is 2.28. The molecule has 1 aliphatic rings. The van der Waals surface area contributed by atoms with Gasteiger partial charge in [0.1, 0.15) is 5.69 Å². The Morgan fingerprint density at radius 3 is 2.94 bits per heavy atom. The van der Waals surface area contributed by atoms with Crippen LogP contribution in [-0.2, 0) is 11.3 Å². The van der Waals surface area contributed by atoms with Crippen molar-refractivity contribution in [2.75, 3.05) is 19.8 Å². The van der Waals surface area contributed by atoms with E-state index in [0.717, 1.165) is 18.1 Å². The zero-order chi connectivity index (χ0) is 12.8. The van der Waals surface area contributed by atoms with Crippen molar-refractivity contribution in [2.24, 2.45) is 11.7 Å². The number of carbonyl (C=O) groups excluding carboxylic acids is 1. The molecule has 0 unspecified atom stereocenters. The van der Waals surface area contributed by atoms with E-state index in [1.54, 1.807) is 12.3 Å². The molecule has 1 aromatic heterocycles. The molecule has 5 nitrogen and oxygen atoms in total. The van der Waals surface area contributed by atoms with Crippen LogP contribution in [0.2, 0.25) is 0 Å². The molecule has 0 spiro atoms. The summed E-state index contributed by atoms with van der Waals surface area (Å²) in [6, 6.07) is 3.49. The van der Waals surface area contributed by atoms with Crippen LogP contribution < -0.4 is 11.1 Å². The summed E-state index contributed by atoms with van der Waals surface area (Å²) in [4.78, 5) is 15.7. The average Bonchev–Trinajstić information content (AvgIpc) is 3.22. The van der Waals surface area contributed by atoms with E-state index < -0.39 is 0 Å². The second kappa shape index (κ2) is 6.47. The number of aromatic nitrogens is 1. The summed E-state index contributed by atoms with van der Waals surface area (Å²) < 4.78 is 5.43. The molecule has 0 aromatic carbocycles. The number of hydrogen-bond acceptors (Lipinski definition) is 4. The van der Waals surface area contributed by atoms with Crippen molar-refractivity contribution < 1.29 is 9.53 Å². The number of nitrogens with one attached hydrogen (secondary N) is 1. The number of hydrogen-bond donors (Lipinski definition) is 2. The third kappa shape index (κ3) is 4.09. The van der Waals surface area contributed by atoms with Crippen molar-refractivity contribution in [1.82, 2.24) is 10.3 Å². The van der Waals surface area contributed by atoms with E-state index >= 15 is 0 Å². The van der Waals surface area contributed by atoms with Gasteiger partial charge in [-0.25, -0.2) is 0 Å². The van der Waals surface area contributed by atoms with Crippen LogP contribution in [0.15, 0.2) is 18.3 Å². The number of amides is 1. The smallest absolute Gasteiger partial charge is 0.269 e. The fraction of sp³-hybridized carbons (Fsp3) is 0.538. The van der Waals surface area contributed by atoms with Gasteiger partial charge in [-0.1, -0.05) is 6.07 Å². The van der Waals surface area contributed by atoms with Gasteiger partial charge in [-0.2, -0.15) is 0 Å². The lowest BCUT2D eigenvalue weighted by Crippen LogP contribution is -2.28. The molecule has 0 saturated heterocycles. The minimum atomic E-state index is -0.173. The van der Waals surface area contributed by atoms with Gasteiger partial charge in [0, 0.05) is 25.9 Å². The average molecular weight is 249 g/mol. The summed E-state index contributed by atoms with van der Waals surface area (Å²) in [5.41, 5.74) is 6.79. The molecule has 1 heterocycles. The lowest BCUT2D eigenvalue weighted by Gasteiger charge is -2.06. The third-order valence-corrected chi connectivity index (χ3v) is 2.88. The topological polar surface area (TPSA) is 77.2 Å². The van der Waals surface area contributed by atoms with Gasteiger partial charge >= 0.3 is 0 Å². The molecule has 3 N–H and O–H groups in total. The second-order valence-corrected chi connectivity index (χ2v) is 4.53. The first-order valence-electron chi connectivity index (χ1n) is 6.30. The predicted octanol–water partition coefficient (Wildman–Crippen LogP) is 0.697. The summed E-state index contributed by atoms with van der Waals surface area (Å²) in [7, 11) is 0. The molecule has 0 atom stereocenters. The van der Waals surface area contributed by atoms with Crippen molar-refractivity contribution in [3.05, 3.63) is 29.6 Å². The SMILES string of the molecule is NCc1ccc(C(=O)NCCOCC2CC2)nc1. The van der Waals surface area contributed by atoms with Gasteiger partial charge < -0.3 is 15.8 Å². The number of nitrogens with zero attached hydrogens (tertiary/aromatic N) is 1. The van der Waals surface area contributed by atoms with Crippen LogP contribution in [0.5, 0.6) is 0 Å². The molecule has 18 heavy (non-hydrogen) atoms. The standard InChI is InChI=1S/C13H19N3O2/c14-7-11-3-4-12(16-8-11)13(17)15-5-6-18-9-10-1-2-10/h3-4,8,10H,1-2,5-7,9,14H2,(H,15,17). The predicted molar refractivity (Wildman–Crippen MR) is 68.0 cm³/mol. The van der Waals surface area contributed by atoms with Gasteiger partial charge in [0.2, 0.25) is 0 Å². The Labute approximate surface area is 107 Å². The summed E-state index contributed by atoms with van der Waals surface area (Å²) in [5, 5.41) is 2.77. The number of ether oxygens (including phenoxy) is 1. The van der Waals surface area contributed by atoms with Crippen LogP contribution in [0.3, 0.4) is 0 Å². The molecule has 1 saturated carbocycles. The largest absolute Gasteiger partial charge is 0.379 e. The summed E-state index contributed by atoms with van der Waals surface area (Å²) in [6.45, 7) is 2.33. The van der Waals surface area contributed by atoms with Crippen LogP contribution in [0.25, 0.3) is 0 Å². The molecule has 98 valence electrons. The number of rotatable bonds is 7. The zero-order valence-electron chi connectivity index (χ0n) is 10.4. The quantitative estimate of drug-likeness (QED) is 0.697. The van der Waals surface area contributed by atoms with Crippen molar-refractivity contribution in [1.29, 1.82) is 0 Å². The lowest BCUT2D eigenvalue weighted by molar-refractivity contribution is 0.0902. The van der Waals surface area contributed by atoms with E-state index in [9.17, 15) is 4.79 Å². The Bertz CT molecular complexity index is 388. The molecule has 1 aliphatic carbocycles. The summed E-state index contributed by atoms with van der Waals surface area (Å²) >= 11 is 0. The third-order valence-electron chi connectivity index (χ3n) is 2.88. The minimum Gasteiger partial charge on any atom is -0.379 e. The molecule has 0 aliphatic heterocycles. The first kappa shape index (κ1) is 13.0. The molecule has 0 bridgehead atoms. The minimum absolute atomic E-state index is 0.173. The second-order valence-electron chi connectivity index (χ2n) is 4.53. The maximum absolute atomic E-state index is 11.7. The Morgan fingerprint density at radius 2 is 2.33 bits per heavy atom. The molecule has 1 fully saturated rings. The molecule has 2 rings (SSSR count). The molecule has 1 amide bonds. The van der Waals surface area contributed by atoms with E-state index in [1.165, 1.54) is 12.8 Å². The maximum atomic E-state index is 11.7. The van der Waals surface area contributed by atoms with Crippen LogP contribution in [0.1, 0.15) is 28.9 Å². The Balaban J connectivity index is 1.65. The first-order chi connectivity index (χ1) is 8.79. The number of pyridine rings is 1. The van der Waals surface area contributed by atoms with E-state index in [1.807, 2.05) is 6.07 Å². The fourth-order valence-corrected chi connectivity index (χ4v) is 1.54. The van der Waals surface area contributed by atoms with E-state index in [0.29, 0.717) is 25.4 Å². The highest BCUT2D eigenvalue weighted by Gasteiger charge is 2.20. The zero-order valence-corrected chi connectivity index (χ0v) is 10.4.